The monoisotopic (exact) mass is 393 g/mol. The molecule has 0 unspecified atom stereocenters. The molecule has 0 bridgehead atoms. The smallest absolute Gasteiger partial charge is 0.306 e. The molecular weight excluding hydrogens is 377 g/mol. The molecule has 1 fully saturated rings. The van der Waals surface area contributed by atoms with Crippen molar-refractivity contribution in [1.29, 1.82) is 0 Å². The van der Waals surface area contributed by atoms with E-state index in [0.29, 0.717) is 53.0 Å². The lowest BCUT2D eigenvalue weighted by atomic mass is 9.96. The molecule has 3 rings (SSSR count). The summed E-state index contributed by atoms with van der Waals surface area (Å²) < 4.78 is 5.83. The molecule has 136 valence electrons. The van der Waals surface area contributed by atoms with Crippen LogP contribution in [0.2, 0.25) is 10.0 Å². The molecule has 1 amide bonds. The predicted molar refractivity (Wildman–Crippen MR) is 99.2 cm³/mol. The maximum atomic E-state index is 12.9. The lowest BCUT2D eigenvalue weighted by Gasteiger charge is -2.30. The molecule has 5 nitrogen and oxygen atoms in total. The van der Waals surface area contributed by atoms with E-state index in [1.807, 2.05) is 0 Å². The predicted octanol–water partition coefficient (Wildman–Crippen LogP) is 4.72. The molecule has 1 heterocycles. The second-order valence-corrected chi connectivity index (χ2v) is 6.98. The van der Waals surface area contributed by atoms with E-state index in [2.05, 4.69) is 0 Å². The van der Waals surface area contributed by atoms with Gasteiger partial charge in [-0.2, -0.15) is 0 Å². The fraction of sp³-hybridized carbons (Fsp3) is 0.263. The molecule has 1 aliphatic rings. The summed E-state index contributed by atoms with van der Waals surface area (Å²) in [6.45, 7) is 0.776. The molecule has 0 spiro atoms. The topological polar surface area (TPSA) is 66.8 Å². The Hall–Kier alpha value is -2.24. The number of piperidine rings is 1. The zero-order valence-electron chi connectivity index (χ0n) is 13.8. The number of carboxylic acids is 1. The minimum absolute atomic E-state index is 0.228. The minimum atomic E-state index is -0.815. The number of amides is 1. The van der Waals surface area contributed by atoms with Gasteiger partial charge in [0.15, 0.2) is 0 Å². The third kappa shape index (κ3) is 4.29. The van der Waals surface area contributed by atoms with Gasteiger partial charge in [0.25, 0.3) is 5.91 Å². The average Bonchev–Trinajstić information content (AvgIpc) is 2.63. The highest BCUT2D eigenvalue weighted by Crippen LogP contribution is 2.31. The first kappa shape index (κ1) is 18.5. The summed E-state index contributed by atoms with van der Waals surface area (Å²) >= 11 is 12.0. The number of aliphatic carboxylic acids is 1. The maximum absolute atomic E-state index is 12.9. The van der Waals surface area contributed by atoms with Crippen LogP contribution < -0.4 is 4.74 Å². The summed E-state index contributed by atoms with van der Waals surface area (Å²) in [4.78, 5) is 25.6. The second-order valence-electron chi connectivity index (χ2n) is 6.10. The van der Waals surface area contributed by atoms with Crippen LogP contribution in [0, 0.1) is 5.92 Å². The number of carboxylic acid groups (broad SMARTS) is 1. The summed E-state index contributed by atoms with van der Waals surface area (Å²) in [5.74, 6) is -0.556. The van der Waals surface area contributed by atoms with Crippen molar-refractivity contribution in [2.45, 2.75) is 12.8 Å². The molecule has 1 saturated heterocycles. The van der Waals surface area contributed by atoms with Crippen LogP contribution in [0.25, 0.3) is 0 Å². The number of likely N-dealkylation sites (tertiary alicyclic amines) is 1. The van der Waals surface area contributed by atoms with Crippen LogP contribution in [0.4, 0.5) is 0 Å². The Kier molecular flexibility index (Phi) is 5.69. The van der Waals surface area contributed by atoms with Crippen molar-refractivity contribution in [3.8, 4) is 11.5 Å². The van der Waals surface area contributed by atoms with Gasteiger partial charge in [-0.1, -0.05) is 29.3 Å². The number of ether oxygens (including phenoxy) is 1. The van der Waals surface area contributed by atoms with Gasteiger partial charge in [-0.25, -0.2) is 0 Å². The van der Waals surface area contributed by atoms with Crippen LogP contribution >= 0.6 is 23.2 Å². The second kappa shape index (κ2) is 7.98. The SMILES string of the molecule is O=C(O)C1CCN(C(=O)c2cc(Cl)ccc2Oc2cccc(Cl)c2)CC1. The number of benzene rings is 2. The minimum Gasteiger partial charge on any atom is -0.481 e. The Balaban J connectivity index is 1.81. The summed E-state index contributed by atoms with van der Waals surface area (Å²) in [5.41, 5.74) is 0.339. The first-order valence-corrected chi connectivity index (χ1v) is 8.94. The van der Waals surface area contributed by atoms with Crippen LogP contribution in [0.15, 0.2) is 42.5 Å². The largest absolute Gasteiger partial charge is 0.481 e. The van der Waals surface area contributed by atoms with E-state index in [1.165, 1.54) is 0 Å². The van der Waals surface area contributed by atoms with Gasteiger partial charge in [0.2, 0.25) is 0 Å². The highest BCUT2D eigenvalue weighted by Gasteiger charge is 2.29. The number of carbonyl (C=O) groups is 2. The molecule has 0 radical (unpaired) electrons. The third-order valence-corrected chi connectivity index (χ3v) is 4.80. The molecule has 0 aromatic heterocycles. The van der Waals surface area contributed by atoms with Crippen molar-refractivity contribution in [3.63, 3.8) is 0 Å². The van der Waals surface area contributed by atoms with Gasteiger partial charge in [-0.05, 0) is 49.2 Å². The molecule has 26 heavy (non-hydrogen) atoms. The van der Waals surface area contributed by atoms with Crippen LogP contribution in [-0.2, 0) is 4.79 Å². The fourth-order valence-electron chi connectivity index (χ4n) is 2.92. The third-order valence-electron chi connectivity index (χ3n) is 4.33. The Bertz CT molecular complexity index is 832. The van der Waals surface area contributed by atoms with Gasteiger partial charge < -0.3 is 14.7 Å². The number of nitrogens with zero attached hydrogens (tertiary/aromatic N) is 1. The Morgan fingerprint density at radius 1 is 1.04 bits per heavy atom. The van der Waals surface area contributed by atoms with E-state index in [1.54, 1.807) is 47.4 Å². The fourth-order valence-corrected chi connectivity index (χ4v) is 3.27. The lowest BCUT2D eigenvalue weighted by molar-refractivity contribution is -0.143. The molecule has 2 aromatic carbocycles. The van der Waals surface area contributed by atoms with Crippen LogP contribution in [0.5, 0.6) is 11.5 Å². The average molecular weight is 394 g/mol. The van der Waals surface area contributed by atoms with Gasteiger partial charge in [0.1, 0.15) is 11.5 Å². The number of halogens is 2. The van der Waals surface area contributed by atoms with Gasteiger partial charge in [0.05, 0.1) is 11.5 Å². The molecule has 0 aliphatic carbocycles. The highest BCUT2D eigenvalue weighted by molar-refractivity contribution is 6.31. The van der Waals surface area contributed by atoms with Crippen molar-refractivity contribution in [2.24, 2.45) is 5.92 Å². The summed E-state index contributed by atoms with van der Waals surface area (Å²) in [7, 11) is 0. The Morgan fingerprint density at radius 3 is 2.38 bits per heavy atom. The number of hydrogen-bond acceptors (Lipinski definition) is 3. The molecule has 2 aromatic rings. The zero-order chi connectivity index (χ0) is 18.7. The highest BCUT2D eigenvalue weighted by atomic mass is 35.5. The molecule has 7 heteroatoms. The Morgan fingerprint density at radius 2 is 1.73 bits per heavy atom. The van der Waals surface area contributed by atoms with Gasteiger partial charge in [-0.15, -0.1) is 0 Å². The summed E-state index contributed by atoms with van der Waals surface area (Å²) in [5, 5.41) is 10.0. The van der Waals surface area contributed by atoms with Gasteiger partial charge in [0, 0.05) is 23.1 Å². The normalized spacial score (nSPS) is 14.9. The number of rotatable bonds is 4. The maximum Gasteiger partial charge on any atom is 0.306 e. The van der Waals surface area contributed by atoms with Crippen molar-refractivity contribution < 1.29 is 19.4 Å². The number of hydrogen-bond donors (Lipinski definition) is 1. The molecule has 0 saturated carbocycles. The van der Waals surface area contributed by atoms with E-state index in [4.69, 9.17) is 33.0 Å². The van der Waals surface area contributed by atoms with Crippen molar-refractivity contribution in [1.82, 2.24) is 4.90 Å². The van der Waals surface area contributed by atoms with Gasteiger partial charge >= 0.3 is 5.97 Å². The quantitative estimate of drug-likeness (QED) is 0.815. The first-order chi connectivity index (χ1) is 12.4. The number of carbonyl (C=O) groups excluding carboxylic acids is 1. The van der Waals surface area contributed by atoms with E-state index < -0.39 is 11.9 Å². The zero-order valence-corrected chi connectivity index (χ0v) is 15.3. The van der Waals surface area contributed by atoms with E-state index >= 15 is 0 Å². The molecular formula is C19H17Cl2NO4. The van der Waals surface area contributed by atoms with E-state index in [0.717, 1.165) is 0 Å². The lowest BCUT2D eigenvalue weighted by Crippen LogP contribution is -2.40. The summed E-state index contributed by atoms with van der Waals surface area (Å²) in [6, 6.07) is 11.7. The standard InChI is InChI=1S/C19H17Cl2NO4/c20-13-2-1-3-15(10-13)26-17-5-4-14(21)11-16(17)18(23)22-8-6-12(7-9-22)19(24)25/h1-5,10-12H,6-9H2,(H,24,25). The van der Waals surface area contributed by atoms with E-state index in [9.17, 15) is 9.59 Å². The van der Waals surface area contributed by atoms with Crippen LogP contribution in [-0.4, -0.2) is 35.0 Å². The van der Waals surface area contributed by atoms with Crippen molar-refractivity contribution in [2.75, 3.05) is 13.1 Å². The first-order valence-electron chi connectivity index (χ1n) is 8.19. The van der Waals surface area contributed by atoms with Crippen molar-refractivity contribution >= 4 is 35.1 Å². The van der Waals surface area contributed by atoms with Crippen LogP contribution in [0.1, 0.15) is 23.2 Å². The van der Waals surface area contributed by atoms with Gasteiger partial charge in [-0.3, -0.25) is 9.59 Å². The summed E-state index contributed by atoms with van der Waals surface area (Å²) in [6.07, 6.45) is 0.873. The Labute approximate surface area is 161 Å². The van der Waals surface area contributed by atoms with Crippen molar-refractivity contribution in [3.05, 3.63) is 58.1 Å². The molecule has 1 aliphatic heterocycles. The van der Waals surface area contributed by atoms with E-state index in [-0.39, 0.29) is 5.91 Å². The molecule has 1 N–H and O–H groups in total. The van der Waals surface area contributed by atoms with Crippen LogP contribution in [0.3, 0.4) is 0 Å². The molecule has 0 atom stereocenters.